The third-order valence-electron chi connectivity index (χ3n) is 3.40. The lowest BCUT2D eigenvalue weighted by Gasteiger charge is -2.21. The SMILES string of the molecule is CC(NC(=O)CN(C)c1ccccc1)c1ccc(F)c(F)c1. The third kappa shape index (κ3) is 4.04. The highest BCUT2D eigenvalue weighted by atomic mass is 19.2. The molecule has 1 N–H and O–H groups in total. The fourth-order valence-electron chi connectivity index (χ4n) is 2.14. The van der Waals surface area contributed by atoms with Crippen LogP contribution in [0.4, 0.5) is 14.5 Å². The average molecular weight is 304 g/mol. The van der Waals surface area contributed by atoms with Gasteiger partial charge in [0.15, 0.2) is 11.6 Å². The van der Waals surface area contributed by atoms with Crippen molar-refractivity contribution >= 4 is 11.6 Å². The molecule has 22 heavy (non-hydrogen) atoms. The molecule has 1 unspecified atom stereocenters. The highest BCUT2D eigenvalue weighted by Crippen LogP contribution is 2.16. The molecule has 2 aromatic rings. The van der Waals surface area contributed by atoms with Gasteiger partial charge in [0.25, 0.3) is 0 Å². The number of halogens is 2. The van der Waals surface area contributed by atoms with Gasteiger partial charge in [0.2, 0.25) is 5.91 Å². The Morgan fingerprint density at radius 2 is 1.82 bits per heavy atom. The van der Waals surface area contributed by atoms with E-state index >= 15 is 0 Å². The number of anilines is 1. The van der Waals surface area contributed by atoms with Crippen molar-refractivity contribution in [2.75, 3.05) is 18.5 Å². The van der Waals surface area contributed by atoms with Crippen molar-refractivity contribution in [2.45, 2.75) is 13.0 Å². The lowest BCUT2D eigenvalue weighted by Crippen LogP contribution is -2.36. The van der Waals surface area contributed by atoms with Gasteiger partial charge in [-0.1, -0.05) is 24.3 Å². The van der Waals surface area contributed by atoms with Crippen molar-refractivity contribution in [2.24, 2.45) is 0 Å². The van der Waals surface area contributed by atoms with Crippen LogP contribution in [0.1, 0.15) is 18.5 Å². The van der Waals surface area contributed by atoms with Crippen molar-refractivity contribution in [3.63, 3.8) is 0 Å². The van der Waals surface area contributed by atoms with Gasteiger partial charge >= 0.3 is 0 Å². The van der Waals surface area contributed by atoms with Crippen LogP contribution in [0.25, 0.3) is 0 Å². The molecule has 0 saturated carbocycles. The molecular weight excluding hydrogens is 286 g/mol. The summed E-state index contributed by atoms with van der Waals surface area (Å²) >= 11 is 0. The average Bonchev–Trinajstić information content (AvgIpc) is 2.50. The summed E-state index contributed by atoms with van der Waals surface area (Å²) in [6.45, 7) is 1.91. The maximum Gasteiger partial charge on any atom is 0.239 e. The molecule has 0 bridgehead atoms. The van der Waals surface area contributed by atoms with Gasteiger partial charge in [-0.05, 0) is 36.8 Å². The van der Waals surface area contributed by atoms with Gasteiger partial charge in [-0.2, -0.15) is 0 Å². The molecule has 3 nitrogen and oxygen atoms in total. The van der Waals surface area contributed by atoms with Crippen LogP contribution in [0.5, 0.6) is 0 Å². The first-order chi connectivity index (χ1) is 10.5. The molecule has 0 spiro atoms. The number of carbonyl (C=O) groups is 1. The maximum atomic E-state index is 13.2. The van der Waals surface area contributed by atoms with E-state index in [0.717, 1.165) is 17.8 Å². The first-order valence-electron chi connectivity index (χ1n) is 6.98. The van der Waals surface area contributed by atoms with Gasteiger partial charge in [-0.3, -0.25) is 4.79 Å². The summed E-state index contributed by atoms with van der Waals surface area (Å²) in [6, 6.07) is 12.7. The van der Waals surface area contributed by atoms with E-state index in [1.807, 2.05) is 42.3 Å². The number of likely N-dealkylation sites (N-methyl/N-ethyl adjacent to an activating group) is 1. The van der Waals surface area contributed by atoms with E-state index in [1.165, 1.54) is 6.07 Å². The maximum absolute atomic E-state index is 13.2. The van der Waals surface area contributed by atoms with Crippen LogP contribution in [0.15, 0.2) is 48.5 Å². The summed E-state index contributed by atoms with van der Waals surface area (Å²) in [6.07, 6.45) is 0. The van der Waals surface area contributed by atoms with Crippen LogP contribution in [-0.2, 0) is 4.79 Å². The summed E-state index contributed by atoms with van der Waals surface area (Å²) in [7, 11) is 1.82. The van der Waals surface area contributed by atoms with E-state index in [-0.39, 0.29) is 12.5 Å². The van der Waals surface area contributed by atoms with Gasteiger partial charge in [0.1, 0.15) is 0 Å². The van der Waals surface area contributed by atoms with Crippen LogP contribution >= 0.6 is 0 Å². The Morgan fingerprint density at radius 3 is 2.45 bits per heavy atom. The van der Waals surface area contributed by atoms with Crippen LogP contribution in [0.2, 0.25) is 0 Å². The predicted molar refractivity (Wildman–Crippen MR) is 82.6 cm³/mol. The van der Waals surface area contributed by atoms with Crippen molar-refractivity contribution < 1.29 is 13.6 Å². The number of hydrogen-bond acceptors (Lipinski definition) is 2. The van der Waals surface area contributed by atoms with E-state index in [2.05, 4.69) is 5.32 Å². The van der Waals surface area contributed by atoms with E-state index in [4.69, 9.17) is 0 Å². The number of nitrogens with one attached hydrogen (secondary N) is 1. The molecule has 1 amide bonds. The molecule has 0 aliphatic heterocycles. The highest BCUT2D eigenvalue weighted by molar-refractivity contribution is 5.81. The summed E-state index contributed by atoms with van der Waals surface area (Å²) in [5.74, 6) is -2.00. The van der Waals surface area contributed by atoms with E-state index in [0.29, 0.717) is 5.56 Å². The Bertz CT molecular complexity index is 646. The molecule has 1 atom stereocenters. The van der Waals surface area contributed by atoms with Crippen molar-refractivity contribution in [3.05, 3.63) is 65.7 Å². The largest absolute Gasteiger partial charge is 0.365 e. The Morgan fingerprint density at radius 1 is 1.14 bits per heavy atom. The highest BCUT2D eigenvalue weighted by Gasteiger charge is 2.13. The monoisotopic (exact) mass is 304 g/mol. The molecule has 0 heterocycles. The number of rotatable bonds is 5. The third-order valence-corrected chi connectivity index (χ3v) is 3.40. The van der Waals surface area contributed by atoms with Crippen LogP contribution in [0.3, 0.4) is 0 Å². The quantitative estimate of drug-likeness (QED) is 0.919. The van der Waals surface area contributed by atoms with E-state index < -0.39 is 17.7 Å². The summed E-state index contributed by atoms with van der Waals surface area (Å²) in [5, 5.41) is 2.77. The number of carbonyl (C=O) groups excluding carboxylic acids is 1. The topological polar surface area (TPSA) is 32.3 Å². The number of benzene rings is 2. The minimum Gasteiger partial charge on any atom is -0.365 e. The molecule has 5 heteroatoms. The first-order valence-corrected chi connectivity index (χ1v) is 6.98. The predicted octanol–water partition coefficient (Wildman–Crippen LogP) is 3.28. The van der Waals surface area contributed by atoms with Crippen LogP contribution < -0.4 is 10.2 Å². The van der Waals surface area contributed by atoms with Crippen molar-refractivity contribution in [1.29, 1.82) is 0 Å². The number of nitrogens with zero attached hydrogens (tertiary/aromatic N) is 1. The smallest absolute Gasteiger partial charge is 0.239 e. The zero-order chi connectivity index (χ0) is 16.1. The fraction of sp³-hybridized carbons (Fsp3) is 0.235. The number of hydrogen-bond donors (Lipinski definition) is 1. The number of amides is 1. The normalized spacial score (nSPS) is 11.8. The second-order valence-corrected chi connectivity index (χ2v) is 5.15. The molecule has 116 valence electrons. The Kier molecular flexibility index (Phi) is 5.09. The summed E-state index contributed by atoms with van der Waals surface area (Å²) in [5.41, 5.74) is 1.45. The molecule has 0 aromatic heterocycles. The number of para-hydroxylation sites is 1. The van der Waals surface area contributed by atoms with Crippen LogP contribution in [-0.4, -0.2) is 19.5 Å². The van der Waals surface area contributed by atoms with Gasteiger partial charge in [0, 0.05) is 12.7 Å². The Labute approximate surface area is 128 Å². The van der Waals surface area contributed by atoms with E-state index in [9.17, 15) is 13.6 Å². The molecule has 0 radical (unpaired) electrons. The minimum atomic E-state index is -0.917. The standard InChI is InChI=1S/C17H18F2N2O/c1-12(13-8-9-15(18)16(19)10-13)20-17(22)11-21(2)14-6-4-3-5-7-14/h3-10,12H,11H2,1-2H3,(H,20,22). The van der Waals surface area contributed by atoms with Gasteiger partial charge in [-0.25, -0.2) is 8.78 Å². The molecule has 0 aliphatic rings. The second kappa shape index (κ2) is 7.02. The zero-order valence-corrected chi connectivity index (χ0v) is 12.5. The minimum absolute atomic E-state index is 0.179. The van der Waals surface area contributed by atoms with E-state index in [1.54, 1.807) is 6.92 Å². The van der Waals surface area contributed by atoms with Gasteiger partial charge < -0.3 is 10.2 Å². The van der Waals surface area contributed by atoms with Gasteiger partial charge in [0.05, 0.1) is 12.6 Å². The fourth-order valence-corrected chi connectivity index (χ4v) is 2.14. The zero-order valence-electron chi connectivity index (χ0n) is 12.5. The summed E-state index contributed by atoms with van der Waals surface area (Å²) in [4.78, 5) is 13.9. The van der Waals surface area contributed by atoms with Crippen molar-refractivity contribution in [1.82, 2.24) is 5.32 Å². The van der Waals surface area contributed by atoms with Crippen molar-refractivity contribution in [3.8, 4) is 0 Å². The first kappa shape index (κ1) is 15.9. The Balaban J connectivity index is 1.95. The lowest BCUT2D eigenvalue weighted by atomic mass is 10.1. The lowest BCUT2D eigenvalue weighted by molar-refractivity contribution is -0.120. The molecular formula is C17H18F2N2O. The van der Waals surface area contributed by atoms with Crippen LogP contribution in [0, 0.1) is 11.6 Å². The molecule has 2 aromatic carbocycles. The second-order valence-electron chi connectivity index (χ2n) is 5.15. The Hall–Kier alpha value is -2.43. The molecule has 0 fully saturated rings. The molecule has 2 rings (SSSR count). The summed E-state index contributed by atoms with van der Waals surface area (Å²) < 4.78 is 26.1. The molecule has 0 saturated heterocycles. The molecule has 0 aliphatic carbocycles. The van der Waals surface area contributed by atoms with Gasteiger partial charge in [-0.15, -0.1) is 0 Å².